The number of carbonyl (C=O) groups is 2. The van der Waals surface area contributed by atoms with Gasteiger partial charge in [0.05, 0.1) is 11.4 Å². The first-order valence-electron chi connectivity index (χ1n) is 7.96. The van der Waals surface area contributed by atoms with Gasteiger partial charge in [-0.05, 0) is 54.4 Å². The molecule has 0 atom stereocenters. The van der Waals surface area contributed by atoms with Crippen LogP contribution in [0.1, 0.15) is 22.3 Å². The molecule has 2 aromatic carbocycles. The van der Waals surface area contributed by atoms with E-state index in [-0.39, 0.29) is 16.4 Å². The Hall–Kier alpha value is -2.58. The van der Waals surface area contributed by atoms with Crippen molar-refractivity contribution >= 4 is 27.4 Å². The molecule has 0 saturated heterocycles. The molecule has 1 aliphatic rings. The molecule has 0 saturated carbocycles. The average Bonchev–Trinajstić information content (AvgIpc) is 2.63. The number of hydrogen-bond donors (Lipinski definition) is 1. The molecule has 26 heavy (non-hydrogen) atoms. The van der Waals surface area contributed by atoms with Crippen molar-refractivity contribution in [1.82, 2.24) is 4.72 Å². The smallest absolute Gasteiger partial charge is 0.240 e. The van der Waals surface area contributed by atoms with Crippen LogP contribution in [0.5, 0.6) is 0 Å². The van der Waals surface area contributed by atoms with Gasteiger partial charge in [0.2, 0.25) is 15.9 Å². The quantitative estimate of drug-likeness (QED) is 0.808. The minimum absolute atomic E-state index is 0.0175. The van der Waals surface area contributed by atoms with Gasteiger partial charge in [0.25, 0.3) is 0 Å². The zero-order chi connectivity index (χ0) is 18.9. The van der Waals surface area contributed by atoms with E-state index in [4.69, 9.17) is 0 Å². The van der Waals surface area contributed by atoms with Crippen LogP contribution in [0.3, 0.4) is 0 Å². The van der Waals surface area contributed by atoms with Crippen LogP contribution in [0, 0.1) is 5.82 Å². The Bertz CT molecular complexity index is 971. The van der Waals surface area contributed by atoms with Crippen LogP contribution in [0.15, 0.2) is 47.4 Å². The number of hydrogen-bond acceptors (Lipinski definition) is 4. The van der Waals surface area contributed by atoms with Gasteiger partial charge >= 0.3 is 0 Å². The first-order valence-corrected chi connectivity index (χ1v) is 9.44. The Morgan fingerprint density at radius 2 is 1.85 bits per heavy atom. The Morgan fingerprint density at radius 3 is 2.54 bits per heavy atom. The highest BCUT2D eigenvalue weighted by Gasteiger charge is 2.24. The Morgan fingerprint density at radius 1 is 1.15 bits per heavy atom. The summed E-state index contributed by atoms with van der Waals surface area (Å²) in [5, 5.41) is 0. The molecule has 0 aliphatic carbocycles. The summed E-state index contributed by atoms with van der Waals surface area (Å²) in [7, 11) is -2.24. The highest BCUT2D eigenvalue weighted by atomic mass is 32.2. The third-order valence-corrected chi connectivity index (χ3v) is 5.69. The number of benzene rings is 2. The molecule has 0 unspecified atom stereocenters. The summed E-state index contributed by atoms with van der Waals surface area (Å²) in [6.45, 7) is -0.427. The number of rotatable bonds is 5. The van der Waals surface area contributed by atoms with Gasteiger partial charge in [-0.3, -0.25) is 9.59 Å². The second-order valence-corrected chi connectivity index (χ2v) is 7.76. The molecule has 0 spiro atoms. The molecule has 1 heterocycles. The van der Waals surface area contributed by atoms with Gasteiger partial charge in [-0.25, -0.2) is 17.5 Å². The predicted molar refractivity (Wildman–Crippen MR) is 94.1 cm³/mol. The summed E-state index contributed by atoms with van der Waals surface area (Å²) in [5.74, 6) is -0.951. The van der Waals surface area contributed by atoms with Crippen LogP contribution < -0.4 is 9.62 Å². The lowest BCUT2D eigenvalue weighted by atomic mass is 10.0. The molecule has 0 bridgehead atoms. The highest BCUT2D eigenvalue weighted by molar-refractivity contribution is 7.89. The van der Waals surface area contributed by atoms with E-state index in [1.54, 1.807) is 13.1 Å². The van der Waals surface area contributed by atoms with Crippen LogP contribution in [-0.2, 0) is 21.2 Å². The van der Waals surface area contributed by atoms with E-state index in [1.807, 2.05) is 0 Å². The SMILES string of the molecule is CN1C(=O)CCc2cc(S(=O)(=O)NCC(=O)c3ccc(F)cc3)ccc21. The first kappa shape index (κ1) is 18.2. The van der Waals surface area contributed by atoms with Crippen molar-refractivity contribution in [1.29, 1.82) is 0 Å². The van der Waals surface area contributed by atoms with E-state index in [0.29, 0.717) is 18.5 Å². The maximum Gasteiger partial charge on any atom is 0.240 e. The largest absolute Gasteiger partial charge is 0.315 e. The summed E-state index contributed by atoms with van der Waals surface area (Å²) < 4.78 is 40.1. The number of ketones is 1. The molecule has 6 nitrogen and oxygen atoms in total. The second kappa shape index (κ2) is 6.97. The molecule has 3 rings (SSSR count). The molecule has 1 aliphatic heterocycles. The van der Waals surface area contributed by atoms with E-state index in [1.165, 1.54) is 29.2 Å². The van der Waals surface area contributed by atoms with Gasteiger partial charge in [-0.2, -0.15) is 0 Å². The molecule has 8 heteroatoms. The van der Waals surface area contributed by atoms with Crippen LogP contribution in [0.25, 0.3) is 0 Å². The molecule has 136 valence electrons. The first-order chi connectivity index (χ1) is 12.3. The number of fused-ring (bicyclic) bond motifs is 1. The number of halogens is 1. The molecule has 0 aromatic heterocycles. The number of amides is 1. The fourth-order valence-corrected chi connectivity index (χ4v) is 3.81. The number of nitrogens with zero attached hydrogens (tertiary/aromatic N) is 1. The maximum atomic E-state index is 12.9. The Kier molecular flexibility index (Phi) is 4.88. The summed E-state index contributed by atoms with van der Waals surface area (Å²) in [6.07, 6.45) is 0.792. The molecule has 1 N–H and O–H groups in total. The predicted octanol–water partition coefficient (Wildman–Crippen LogP) is 1.90. The van der Waals surface area contributed by atoms with Crippen LogP contribution in [0.2, 0.25) is 0 Å². The van der Waals surface area contributed by atoms with Crippen LogP contribution >= 0.6 is 0 Å². The van der Waals surface area contributed by atoms with E-state index in [2.05, 4.69) is 4.72 Å². The lowest BCUT2D eigenvalue weighted by Gasteiger charge is -2.26. The summed E-state index contributed by atoms with van der Waals surface area (Å²) in [5.41, 5.74) is 1.67. The number of sulfonamides is 1. The number of Topliss-reactive ketones (excluding diaryl/α,β-unsaturated/α-hetero) is 1. The zero-order valence-electron chi connectivity index (χ0n) is 14.0. The van der Waals surface area contributed by atoms with E-state index < -0.39 is 28.2 Å². The molecule has 1 amide bonds. The van der Waals surface area contributed by atoms with Crippen molar-refractivity contribution in [2.45, 2.75) is 17.7 Å². The number of anilines is 1. The lowest BCUT2D eigenvalue weighted by molar-refractivity contribution is -0.118. The van der Waals surface area contributed by atoms with Gasteiger partial charge in [-0.1, -0.05) is 0 Å². The highest BCUT2D eigenvalue weighted by Crippen LogP contribution is 2.28. The summed E-state index contributed by atoms with van der Waals surface area (Å²) in [4.78, 5) is 25.3. The van der Waals surface area contributed by atoms with Crippen molar-refractivity contribution in [3.05, 3.63) is 59.4 Å². The third-order valence-electron chi connectivity index (χ3n) is 4.29. The number of nitrogens with one attached hydrogen (secondary N) is 1. The van der Waals surface area contributed by atoms with E-state index in [9.17, 15) is 22.4 Å². The van der Waals surface area contributed by atoms with Crippen LogP contribution in [-0.4, -0.2) is 33.7 Å². The zero-order valence-corrected chi connectivity index (χ0v) is 14.8. The van der Waals surface area contributed by atoms with Crippen molar-refractivity contribution < 1.29 is 22.4 Å². The fraction of sp³-hybridized carbons (Fsp3) is 0.222. The van der Waals surface area contributed by atoms with Gasteiger partial charge < -0.3 is 4.90 Å². The molecular formula is C18H17FN2O4S. The van der Waals surface area contributed by atoms with Crippen molar-refractivity contribution in [3.63, 3.8) is 0 Å². The molecular weight excluding hydrogens is 359 g/mol. The van der Waals surface area contributed by atoms with Crippen molar-refractivity contribution in [3.8, 4) is 0 Å². The van der Waals surface area contributed by atoms with Gasteiger partial charge in [-0.15, -0.1) is 0 Å². The minimum Gasteiger partial charge on any atom is -0.315 e. The Balaban J connectivity index is 1.75. The van der Waals surface area contributed by atoms with Gasteiger partial charge in [0, 0.05) is 24.7 Å². The van der Waals surface area contributed by atoms with Gasteiger partial charge in [0.15, 0.2) is 5.78 Å². The topological polar surface area (TPSA) is 83.6 Å². The van der Waals surface area contributed by atoms with Crippen molar-refractivity contribution in [2.24, 2.45) is 0 Å². The van der Waals surface area contributed by atoms with Crippen molar-refractivity contribution in [2.75, 3.05) is 18.5 Å². The van der Waals surface area contributed by atoms with Crippen LogP contribution in [0.4, 0.5) is 10.1 Å². The Labute approximate surface area is 150 Å². The fourth-order valence-electron chi connectivity index (χ4n) is 2.78. The lowest BCUT2D eigenvalue weighted by Crippen LogP contribution is -2.32. The third kappa shape index (κ3) is 3.66. The monoisotopic (exact) mass is 376 g/mol. The maximum absolute atomic E-state index is 12.9. The number of aryl methyl sites for hydroxylation is 1. The summed E-state index contributed by atoms with van der Waals surface area (Å²) in [6, 6.07) is 9.39. The average molecular weight is 376 g/mol. The van der Waals surface area contributed by atoms with Gasteiger partial charge in [0.1, 0.15) is 5.82 Å². The normalized spacial score (nSPS) is 14.2. The van der Waals surface area contributed by atoms with E-state index in [0.717, 1.165) is 17.7 Å². The molecule has 0 fully saturated rings. The molecule has 2 aromatic rings. The number of carbonyl (C=O) groups excluding carboxylic acids is 2. The summed E-state index contributed by atoms with van der Waals surface area (Å²) >= 11 is 0. The minimum atomic E-state index is -3.88. The second-order valence-electron chi connectivity index (χ2n) is 6.00. The molecule has 0 radical (unpaired) electrons. The van der Waals surface area contributed by atoms with E-state index >= 15 is 0 Å². The standard InChI is InChI=1S/C18H17FN2O4S/c1-21-16-8-7-15(10-13(16)4-9-18(21)23)26(24,25)20-11-17(22)12-2-5-14(19)6-3-12/h2-3,5-8,10,20H,4,9,11H2,1H3.